The van der Waals surface area contributed by atoms with Gasteiger partial charge in [-0.25, -0.2) is 4.99 Å². The number of hydrogen-bond acceptors (Lipinski definition) is 5. The predicted octanol–water partition coefficient (Wildman–Crippen LogP) is 1.80. The molecule has 6 heteroatoms. The molecular weight excluding hydrogens is 322 g/mol. The molecule has 1 fully saturated rings. The second-order valence-electron chi connectivity index (χ2n) is 5.20. The summed E-state index contributed by atoms with van der Waals surface area (Å²) in [5, 5.41) is 0. The molecule has 0 bridgehead atoms. The van der Waals surface area contributed by atoms with Crippen LogP contribution in [0.15, 0.2) is 38.8 Å². The van der Waals surface area contributed by atoms with E-state index in [1.54, 1.807) is 6.26 Å². The minimum absolute atomic E-state index is 0.675. The van der Waals surface area contributed by atoms with Crippen LogP contribution in [0.2, 0.25) is 0 Å². The SMILES string of the molecule is BrC1=COCC2=C3C1=CN=C(N1CCOCC1)N3CC2. The van der Waals surface area contributed by atoms with Crippen molar-refractivity contribution >= 4 is 21.9 Å². The van der Waals surface area contributed by atoms with E-state index in [1.165, 1.54) is 11.3 Å². The van der Waals surface area contributed by atoms with Crippen LogP contribution in [0.3, 0.4) is 0 Å². The van der Waals surface area contributed by atoms with E-state index in [-0.39, 0.29) is 0 Å². The van der Waals surface area contributed by atoms with Crippen LogP contribution in [0.25, 0.3) is 0 Å². The molecule has 4 aliphatic rings. The van der Waals surface area contributed by atoms with E-state index in [9.17, 15) is 0 Å². The highest BCUT2D eigenvalue weighted by Gasteiger charge is 2.35. The van der Waals surface area contributed by atoms with Gasteiger partial charge in [0.05, 0.1) is 29.7 Å². The first-order valence-corrected chi connectivity index (χ1v) is 7.72. The average Bonchev–Trinajstić information content (AvgIpc) is 2.84. The maximum Gasteiger partial charge on any atom is 0.206 e. The van der Waals surface area contributed by atoms with Crippen LogP contribution in [0.1, 0.15) is 6.42 Å². The molecule has 0 unspecified atom stereocenters. The van der Waals surface area contributed by atoms with Crippen LogP contribution in [-0.4, -0.2) is 55.2 Å². The summed E-state index contributed by atoms with van der Waals surface area (Å²) < 4.78 is 12.0. The topological polar surface area (TPSA) is 37.3 Å². The molecule has 0 aliphatic carbocycles. The zero-order valence-corrected chi connectivity index (χ0v) is 12.7. The lowest BCUT2D eigenvalue weighted by Gasteiger charge is -2.37. The van der Waals surface area contributed by atoms with Gasteiger partial charge in [0.1, 0.15) is 6.61 Å². The minimum Gasteiger partial charge on any atom is -0.496 e. The van der Waals surface area contributed by atoms with Crippen molar-refractivity contribution < 1.29 is 9.47 Å². The summed E-state index contributed by atoms with van der Waals surface area (Å²) >= 11 is 3.58. The number of hydrogen-bond donors (Lipinski definition) is 0. The third-order valence-electron chi connectivity index (χ3n) is 4.04. The fraction of sp³-hybridized carbons (Fsp3) is 0.500. The number of ether oxygens (including phenoxy) is 2. The van der Waals surface area contributed by atoms with E-state index in [4.69, 9.17) is 14.5 Å². The number of morpholine rings is 1. The lowest BCUT2D eigenvalue weighted by molar-refractivity contribution is 0.0635. The second-order valence-corrected chi connectivity index (χ2v) is 6.06. The fourth-order valence-electron chi connectivity index (χ4n) is 3.07. The molecule has 0 aromatic rings. The number of rotatable bonds is 0. The van der Waals surface area contributed by atoms with Gasteiger partial charge in [-0.05, 0) is 27.9 Å². The maximum atomic E-state index is 5.59. The summed E-state index contributed by atoms with van der Waals surface area (Å²) in [6, 6.07) is 0. The van der Waals surface area contributed by atoms with Crippen molar-refractivity contribution in [2.45, 2.75) is 6.42 Å². The Labute approximate surface area is 126 Å². The lowest BCUT2D eigenvalue weighted by Crippen LogP contribution is -2.49. The number of halogens is 1. The molecule has 0 radical (unpaired) electrons. The largest absolute Gasteiger partial charge is 0.496 e. The highest BCUT2D eigenvalue weighted by Crippen LogP contribution is 2.39. The second kappa shape index (κ2) is 4.93. The van der Waals surface area contributed by atoms with E-state index in [2.05, 4.69) is 25.7 Å². The van der Waals surface area contributed by atoms with Crippen molar-refractivity contribution in [3.8, 4) is 0 Å². The molecule has 0 aromatic heterocycles. The van der Waals surface area contributed by atoms with Gasteiger partial charge in [0, 0.05) is 31.4 Å². The number of allylic oxidation sites excluding steroid dienone is 1. The van der Waals surface area contributed by atoms with Gasteiger partial charge in [0.2, 0.25) is 5.96 Å². The molecule has 0 saturated carbocycles. The fourth-order valence-corrected chi connectivity index (χ4v) is 3.49. The molecule has 4 heterocycles. The van der Waals surface area contributed by atoms with Gasteiger partial charge in [-0.15, -0.1) is 0 Å². The number of guanidine groups is 1. The van der Waals surface area contributed by atoms with Crippen LogP contribution in [-0.2, 0) is 9.47 Å². The third-order valence-corrected chi connectivity index (χ3v) is 4.66. The molecular formula is C14H16BrN3O2. The van der Waals surface area contributed by atoms with Crippen LogP contribution < -0.4 is 0 Å². The van der Waals surface area contributed by atoms with E-state index < -0.39 is 0 Å². The molecule has 20 heavy (non-hydrogen) atoms. The Kier molecular flexibility index (Phi) is 3.07. The minimum atomic E-state index is 0.675. The van der Waals surface area contributed by atoms with Gasteiger partial charge in [-0.3, -0.25) is 0 Å². The molecule has 0 N–H and O–H groups in total. The van der Waals surface area contributed by atoms with Gasteiger partial charge in [-0.1, -0.05) is 0 Å². The summed E-state index contributed by atoms with van der Waals surface area (Å²) in [6.45, 7) is 5.05. The third kappa shape index (κ3) is 1.90. The quantitative estimate of drug-likeness (QED) is 0.675. The zero-order chi connectivity index (χ0) is 13.5. The van der Waals surface area contributed by atoms with Gasteiger partial charge < -0.3 is 19.3 Å². The smallest absolute Gasteiger partial charge is 0.206 e. The van der Waals surface area contributed by atoms with Gasteiger partial charge in [-0.2, -0.15) is 0 Å². The summed E-state index contributed by atoms with van der Waals surface area (Å²) in [7, 11) is 0. The Bertz CT molecular complexity index is 559. The van der Waals surface area contributed by atoms with Gasteiger partial charge in [0.25, 0.3) is 0 Å². The standard InChI is InChI=1S/C14H16BrN3O2/c15-12-9-20-8-10-1-2-18-13(10)11(12)7-16-14(18)17-3-5-19-6-4-17/h7,9H,1-6,8H2. The first-order valence-electron chi connectivity index (χ1n) is 6.93. The molecule has 0 aromatic carbocycles. The van der Waals surface area contributed by atoms with Crippen molar-refractivity contribution in [1.29, 1.82) is 0 Å². The molecule has 1 saturated heterocycles. The average molecular weight is 338 g/mol. The van der Waals surface area contributed by atoms with Crippen LogP contribution in [0.5, 0.6) is 0 Å². The van der Waals surface area contributed by atoms with Gasteiger partial charge in [0.15, 0.2) is 0 Å². The Hall–Kier alpha value is -1.27. The Morgan fingerprint density at radius 1 is 1.20 bits per heavy atom. The monoisotopic (exact) mass is 337 g/mol. The molecule has 0 spiro atoms. The Morgan fingerprint density at radius 2 is 2.05 bits per heavy atom. The first-order chi connectivity index (χ1) is 9.84. The van der Waals surface area contributed by atoms with Crippen molar-refractivity contribution in [3.05, 3.63) is 33.8 Å². The van der Waals surface area contributed by atoms with Crippen molar-refractivity contribution in [1.82, 2.24) is 9.80 Å². The molecule has 106 valence electrons. The van der Waals surface area contributed by atoms with Crippen LogP contribution >= 0.6 is 15.9 Å². The lowest BCUT2D eigenvalue weighted by atomic mass is 10.1. The highest BCUT2D eigenvalue weighted by molar-refractivity contribution is 9.12. The molecule has 4 aliphatic heterocycles. The normalized spacial score (nSPS) is 25.6. The molecule has 0 atom stereocenters. The Balaban J connectivity index is 1.74. The molecule has 4 rings (SSSR count). The van der Waals surface area contributed by atoms with E-state index in [0.717, 1.165) is 55.3 Å². The number of nitrogens with zero attached hydrogens (tertiary/aromatic N) is 3. The first kappa shape index (κ1) is 12.5. The van der Waals surface area contributed by atoms with Gasteiger partial charge >= 0.3 is 0 Å². The zero-order valence-electron chi connectivity index (χ0n) is 11.1. The predicted molar refractivity (Wildman–Crippen MR) is 79.2 cm³/mol. The van der Waals surface area contributed by atoms with E-state index in [1.807, 2.05) is 6.20 Å². The van der Waals surface area contributed by atoms with E-state index >= 15 is 0 Å². The number of aliphatic imine (C=N–C) groups is 1. The Morgan fingerprint density at radius 3 is 2.90 bits per heavy atom. The summed E-state index contributed by atoms with van der Waals surface area (Å²) in [4.78, 5) is 9.35. The maximum absolute atomic E-state index is 5.59. The van der Waals surface area contributed by atoms with E-state index in [0.29, 0.717) is 6.61 Å². The molecule has 0 amide bonds. The van der Waals surface area contributed by atoms with Crippen molar-refractivity contribution in [2.24, 2.45) is 4.99 Å². The van der Waals surface area contributed by atoms with Crippen molar-refractivity contribution in [2.75, 3.05) is 39.5 Å². The summed E-state index contributed by atoms with van der Waals surface area (Å²) in [6.07, 6.45) is 4.78. The summed E-state index contributed by atoms with van der Waals surface area (Å²) in [5.41, 5.74) is 3.77. The van der Waals surface area contributed by atoms with Crippen molar-refractivity contribution in [3.63, 3.8) is 0 Å². The van der Waals surface area contributed by atoms with Crippen LogP contribution in [0.4, 0.5) is 0 Å². The van der Waals surface area contributed by atoms with Crippen LogP contribution in [0, 0.1) is 0 Å². The summed E-state index contributed by atoms with van der Waals surface area (Å²) in [5.74, 6) is 1.06. The molecule has 5 nitrogen and oxygen atoms in total. The highest BCUT2D eigenvalue weighted by atomic mass is 79.9.